The number of rotatable bonds is 11. The van der Waals surface area contributed by atoms with Crippen LogP contribution in [0.4, 0.5) is 0 Å². The highest BCUT2D eigenvalue weighted by Gasteiger charge is 2.07. The Morgan fingerprint density at radius 1 is 1.10 bits per heavy atom. The van der Waals surface area contributed by atoms with Gasteiger partial charge in [0.15, 0.2) is 0 Å². The zero-order valence-corrected chi connectivity index (χ0v) is 13.5. The molecule has 1 unspecified atom stereocenters. The third kappa shape index (κ3) is 24.8. The maximum atomic E-state index is 11.2. The van der Waals surface area contributed by atoms with Gasteiger partial charge >= 0.3 is 14.2 Å². The fourth-order valence-corrected chi connectivity index (χ4v) is 1.54. The fourth-order valence-electron chi connectivity index (χ4n) is 1.54. The molecule has 0 aromatic carbocycles. The smallest absolute Gasteiger partial charge is 0.463 e. The minimum Gasteiger partial charge on any atom is -0.463 e. The number of hydrogen-bond donors (Lipinski definition) is 4. The van der Waals surface area contributed by atoms with Crippen molar-refractivity contribution in [2.45, 2.75) is 64.4 Å². The van der Waals surface area contributed by atoms with Crippen molar-refractivity contribution >= 4 is 14.2 Å². The second kappa shape index (κ2) is 17.5. The minimum absolute atomic E-state index is 0.105. The van der Waals surface area contributed by atoms with Gasteiger partial charge in [0.1, 0.15) is 12.7 Å². The van der Waals surface area contributed by atoms with Crippen LogP contribution in [-0.2, 0) is 14.1 Å². The van der Waals surface area contributed by atoms with Crippen molar-refractivity contribution in [1.29, 1.82) is 0 Å². The molecule has 0 spiro atoms. The second-order valence-electron chi connectivity index (χ2n) is 4.64. The molecule has 0 heterocycles. The lowest BCUT2D eigenvalue weighted by molar-refractivity contribution is -0.147. The predicted octanol–water partition coefficient (Wildman–Crippen LogP) is 1.65. The van der Waals surface area contributed by atoms with Gasteiger partial charge in [0, 0.05) is 11.0 Å². The summed E-state index contributed by atoms with van der Waals surface area (Å²) in [7, 11) is -2.87. The summed E-state index contributed by atoms with van der Waals surface area (Å²) in [6.07, 6.45) is 7.60. The first-order valence-corrected chi connectivity index (χ1v) is 8.40. The molecule has 0 aromatic heterocycles. The van der Waals surface area contributed by atoms with Gasteiger partial charge in [0.25, 0.3) is 0 Å². The van der Waals surface area contributed by atoms with Crippen LogP contribution >= 0.6 is 8.25 Å². The zero-order chi connectivity index (χ0) is 16.5. The first kappa shape index (κ1) is 22.7. The van der Waals surface area contributed by atoms with Crippen LogP contribution in [0.25, 0.3) is 0 Å². The van der Waals surface area contributed by atoms with Crippen molar-refractivity contribution in [2.24, 2.45) is 0 Å². The first-order valence-electron chi connectivity index (χ1n) is 7.23. The van der Waals surface area contributed by atoms with Gasteiger partial charge in [-0.25, -0.2) is 0 Å². The quantitative estimate of drug-likeness (QED) is 0.258. The van der Waals surface area contributed by atoms with Crippen molar-refractivity contribution in [3.05, 3.63) is 0 Å². The number of esters is 1. The summed E-state index contributed by atoms with van der Waals surface area (Å²) < 4.78 is 13.5. The number of ether oxygens (including phenoxy) is 1. The molecule has 0 rings (SSSR count). The van der Waals surface area contributed by atoms with Crippen LogP contribution in [0.5, 0.6) is 0 Å². The van der Waals surface area contributed by atoms with E-state index in [4.69, 9.17) is 29.3 Å². The van der Waals surface area contributed by atoms with Crippen LogP contribution in [0.3, 0.4) is 0 Å². The number of aliphatic hydroxyl groups excluding tert-OH is 2. The molecule has 21 heavy (non-hydrogen) atoms. The van der Waals surface area contributed by atoms with E-state index in [1.165, 1.54) is 32.1 Å². The molecule has 0 amide bonds. The summed E-state index contributed by atoms with van der Waals surface area (Å²) in [5.41, 5.74) is 0. The molecule has 0 fully saturated rings. The van der Waals surface area contributed by atoms with E-state index in [1.807, 2.05) is 0 Å². The van der Waals surface area contributed by atoms with E-state index in [9.17, 15) is 4.79 Å². The normalized spacial score (nSPS) is 11.3. The molecular weight excluding hydrogens is 299 g/mol. The van der Waals surface area contributed by atoms with Gasteiger partial charge in [0.05, 0.1) is 6.61 Å². The highest BCUT2D eigenvalue weighted by Crippen LogP contribution is 2.08. The van der Waals surface area contributed by atoms with Gasteiger partial charge in [-0.05, 0) is 6.42 Å². The van der Waals surface area contributed by atoms with Crippen molar-refractivity contribution in [3.8, 4) is 0 Å². The van der Waals surface area contributed by atoms with Crippen molar-refractivity contribution in [1.82, 2.24) is 0 Å². The van der Waals surface area contributed by atoms with Gasteiger partial charge in [0.2, 0.25) is 0 Å². The Labute approximate surface area is 126 Å². The van der Waals surface area contributed by atoms with E-state index in [-0.39, 0.29) is 19.2 Å². The second-order valence-corrected chi connectivity index (χ2v) is 5.15. The first-order chi connectivity index (χ1) is 9.93. The average molecular weight is 327 g/mol. The Morgan fingerprint density at radius 2 is 1.57 bits per heavy atom. The van der Waals surface area contributed by atoms with E-state index in [0.717, 1.165) is 12.8 Å². The van der Waals surface area contributed by atoms with Gasteiger partial charge in [-0.2, -0.15) is 0 Å². The van der Waals surface area contributed by atoms with Crippen LogP contribution in [-0.4, -0.2) is 45.3 Å². The molecule has 7 nitrogen and oxygen atoms in total. The van der Waals surface area contributed by atoms with E-state index in [1.54, 1.807) is 0 Å². The van der Waals surface area contributed by atoms with Crippen LogP contribution in [0, 0.1) is 0 Å². The third-order valence-electron chi connectivity index (χ3n) is 2.63. The number of aliphatic hydroxyl groups is 2. The highest BCUT2D eigenvalue weighted by atomic mass is 31.1. The van der Waals surface area contributed by atoms with Gasteiger partial charge in [-0.3, -0.25) is 4.79 Å². The SMILES string of the molecule is CCCCCCCCCC(=O)OCC(O)CO.O=[P+](O)O. The molecule has 126 valence electrons. The molecule has 0 saturated heterocycles. The molecule has 4 N–H and O–H groups in total. The van der Waals surface area contributed by atoms with Gasteiger partial charge in [-0.15, -0.1) is 9.79 Å². The number of unbranched alkanes of at least 4 members (excludes halogenated alkanes) is 6. The molecule has 0 saturated carbocycles. The molecule has 1 atom stereocenters. The maximum Gasteiger partial charge on any atom is 0.692 e. The Morgan fingerprint density at radius 3 is 2.05 bits per heavy atom. The van der Waals surface area contributed by atoms with Gasteiger partial charge in [-0.1, -0.05) is 45.4 Å². The highest BCUT2D eigenvalue weighted by molar-refractivity contribution is 7.30. The third-order valence-corrected chi connectivity index (χ3v) is 2.63. The Bertz CT molecular complexity index is 257. The Kier molecular flexibility index (Phi) is 18.9. The lowest BCUT2D eigenvalue weighted by Crippen LogP contribution is -2.21. The van der Waals surface area contributed by atoms with E-state index in [2.05, 4.69) is 6.92 Å². The molecule has 8 heteroatoms. The van der Waals surface area contributed by atoms with Crippen LogP contribution < -0.4 is 0 Å². The van der Waals surface area contributed by atoms with Crippen molar-refractivity contribution < 1.29 is 34.1 Å². The van der Waals surface area contributed by atoms with Crippen molar-refractivity contribution in [3.63, 3.8) is 0 Å². The van der Waals surface area contributed by atoms with Crippen molar-refractivity contribution in [2.75, 3.05) is 13.2 Å². The monoisotopic (exact) mass is 327 g/mol. The minimum atomic E-state index is -2.87. The van der Waals surface area contributed by atoms with E-state index in [0.29, 0.717) is 6.42 Å². The van der Waals surface area contributed by atoms with E-state index >= 15 is 0 Å². The summed E-state index contributed by atoms with van der Waals surface area (Å²) in [6, 6.07) is 0. The van der Waals surface area contributed by atoms with Crippen LogP contribution in [0.2, 0.25) is 0 Å². The lowest BCUT2D eigenvalue weighted by Gasteiger charge is -2.08. The fraction of sp³-hybridized carbons (Fsp3) is 0.923. The van der Waals surface area contributed by atoms with Gasteiger partial charge < -0.3 is 14.9 Å². The number of hydrogen-bond acceptors (Lipinski definition) is 5. The van der Waals surface area contributed by atoms with Crippen LogP contribution in [0.1, 0.15) is 58.3 Å². The summed E-state index contributed by atoms with van der Waals surface area (Å²) in [5, 5.41) is 17.5. The summed E-state index contributed by atoms with van der Waals surface area (Å²) >= 11 is 0. The Hall–Kier alpha value is -0.590. The number of carbonyl (C=O) groups excluding carboxylic acids is 1. The number of carbonyl (C=O) groups is 1. The lowest BCUT2D eigenvalue weighted by atomic mass is 10.1. The summed E-state index contributed by atoms with van der Waals surface area (Å²) in [4.78, 5) is 25.4. The predicted molar refractivity (Wildman–Crippen MR) is 78.7 cm³/mol. The average Bonchev–Trinajstić information content (AvgIpc) is 2.43. The largest absolute Gasteiger partial charge is 0.692 e. The molecule has 0 radical (unpaired) electrons. The molecule has 0 aliphatic heterocycles. The standard InChI is InChI=1S/C13H26O4.HO3P/c1-2-3-4-5-6-7-8-9-13(16)17-11-12(15)10-14;1-4(2)3/h12,14-15H,2-11H2,1H3;(H-,1,2,3)/p+1. The molecule has 0 bridgehead atoms. The zero-order valence-electron chi connectivity index (χ0n) is 12.6. The molecule has 0 aliphatic carbocycles. The summed E-state index contributed by atoms with van der Waals surface area (Å²) in [5.74, 6) is -0.286. The van der Waals surface area contributed by atoms with Crippen LogP contribution in [0.15, 0.2) is 0 Å². The topological polar surface area (TPSA) is 124 Å². The molecular formula is C13H28O7P+. The molecule has 0 aliphatic rings. The van der Waals surface area contributed by atoms with E-state index < -0.39 is 14.4 Å². The molecule has 0 aromatic rings. The summed E-state index contributed by atoms with van der Waals surface area (Å²) in [6.45, 7) is 1.72. The maximum absolute atomic E-state index is 11.2. The Balaban J connectivity index is 0.